The number of hydrogen-bond acceptors (Lipinski definition) is 6. The number of alkyl halides is 3. The van der Waals surface area contributed by atoms with Crippen molar-refractivity contribution in [2.24, 2.45) is 5.10 Å². The predicted molar refractivity (Wildman–Crippen MR) is 83.2 cm³/mol. The Labute approximate surface area is 142 Å². The summed E-state index contributed by atoms with van der Waals surface area (Å²) in [5.41, 5.74) is 2.40. The van der Waals surface area contributed by atoms with E-state index < -0.39 is 18.6 Å². The minimum atomic E-state index is -4.36. The van der Waals surface area contributed by atoms with Gasteiger partial charge in [-0.1, -0.05) is 11.2 Å². The summed E-state index contributed by atoms with van der Waals surface area (Å²) in [6.45, 7) is -1.20. The van der Waals surface area contributed by atoms with E-state index in [1.807, 2.05) is 17.5 Å². The Balaban J connectivity index is 1.58. The molecular formula is C14H10F3N5O2S. The Morgan fingerprint density at radius 1 is 1.44 bits per heavy atom. The maximum atomic E-state index is 12.2. The van der Waals surface area contributed by atoms with Crippen LogP contribution in [-0.2, 0) is 6.54 Å². The molecule has 130 valence electrons. The molecule has 0 saturated carbocycles. The van der Waals surface area contributed by atoms with Gasteiger partial charge in [0.1, 0.15) is 12.2 Å². The molecule has 0 unspecified atom stereocenters. The zero-order valence-corrected chi connectivity index (χ0v) is 13.2. The van der Waals surface area contributed by atoms with E-state index >= 15 is 0 Å². The van der Waals surface area contributed by atoms with Crippen LogP contribution in [0, 0.1) is 0 Å². The first-order chi connectivity index (χ1) is 11.9. The van der Waals surface area contributed by atoms with Crippen LogP contribution in [-0.4, -0.2) is 33.2 Å². The van der Waals surface area contributed by atoms with Crippen LogP contribution in [0.1, 0.15) is 16.2 Å². The smallest absolute Gasteiger partial charge is 0.355 e. The molecule has 3 rings (SSSR count). The van der Waals surface area contributed by atoms with Crippen LogP contribution < -0.4 is 5.43 Å². The first kappa shape index (κ1) is 16.9. The van der Waals surface area contributed by atoms with Gasteiger partial charge in [0.2, 0.25) is 0 Å². The lowest BCUT2D eigenvalue weighted by Crippen LogP contribution is -2.18. The highest BCUT2D eigenvalue weighted by molar-refractivity contribution is 7.13. The van der Waals surface area contributed by atoms with E-state index in [-0.39, 0.29) is 11.4 Å². The van der Waals surface area contributed by atoms with Gasteiger partial charge in [0, 0.05) is 12.3 Å². The van der Waals surface area contributed by atoms with Gasteiger partial charge in [0.05, 0.1) is 11.1 Å². The number of carbonyl (C=O) groups excluding carboxylic acids is 1. The van der Waals surface area contributed by atoms with Crippen molar-refractivity contribution in [1.29, 1.82) is 0 Å². The number of aromatic nitrogens is 3. The third-order valence-corrected chi connectivity index (χ3v) is 3.76. The maximum Gasteiger partial charge on any atom is 0.408 e. The van der Waals surface area contributed by atoms with Gasteiger partial charge in [-0.15, -0.1) is 11.3 Å². The summed E-state index contributed by atoms with van der Waals surface area (Å²) < 4.78 is 42.5. The Bertz CT molecular complexity index is 883. The van der Waals surface area contributed by atoms with E-state index in [4.69, 9.17) is 4.52 Å². The second kappa shape index (κ2) is 6.89. The number of thiophene rings is 1. The highest BCUT2D eigenvalue weighted by Gasteiger charge is 2.28. The highest BCUT2D eigenvalue weighted by Crippen LogP contribution is 2.25. The lowest BCUT2D eigenvalue weighted by Gasteiger charge is -2.04. The monoisotopic (exact) mass is 369 g/mol. The third kappa shape index (κ3) is 4.53. The molecule has 0 atom stereocenters. The van der Waals surface area contributed by atoms with Gasteiger partial charge in [-0.25, -0.2) is 5.43 Å². The van der Waals surface area contributed by atoms with Crippen molar-refractivity contribution in [2.75, 3.05) is 0 Å². The molecule has 0 aromatic carbocycles. The van der Waals surface area contributed by atoms with Gasteiger partial charge in [-0.3, -0.25) is 9.48 Å². The molecule has 0 radical (unpaired) electrons. The van der Waals surface area contributed by atoms with Gasteiger partial charge in [0.15, 0.2) is 11.5 Å². The molecule has 7 nitrogen and oxygen atoms in total. The fraction of sp³-hybridized carbons (Fsp3) is 0.143. The standard InChI is InChI=1S/C14H10F3N5O2S/c15-14(16,17)8-22-4-3-9(20-22)7-18-19-13(23)10-6-11(24-21-10)12-2-1-5-25-12/h1-7H,8H2,(H,19,23)/b18-7+. The van der Waals surface area contributed by atoms with Crippen molar-refractivity contribution < 1.29 is 22.5 Å². The van der Waals surface area contributed by atoms with Gasteiger partial charge in [-0.05, 0) is 17.5 Å². The Morgan fingerprint density at radius 3 is 3.00 bits per heavy atom. The molecular weight excluding hydrogens is 359 g/mol. The molecule has 0 spiro atoms. The van der Waals surface area contributed by atoms with Crippen LogP contribution in [0.4, 0.5) is 13.2 Å². The first-order valence-corrected chi connectivity index (χ1v) is 7.73. The van der Waals surface area contributed by atoms with Gasteiger partial charge in [0.25, 0.3) is 5.91 Å². The van der Waals surface area contributed by atoms with Crippen molar-refractivity contribution in [1.82, 2.24) is 20.4 Å². The lowest BCUT2D eigenvalue weighted by molar-refractivity contribution is -0.142. The average Bonchev–Trinajstić information content (AvgIpc) is 3.26. The number of halogens is 3. The minimum Gasteiger partial charge on any atom is -0.355 e. The van der Waals surface area contributed by atoms with E-state index in [9.17, 15) is 18.0 Å². The van der Waals surface area contributed by atoms with Crippen LogP contribution in [0.3, 0.4) is 0 Å². The van der Waals surface area contributed by atoms with Gasteiger partial charge >= 0.3 is 6.18 Å². The average molecular weight is 369 g/mol. The Hall–Kier alpha value is -2.95. The van der Waals surface area contributed by atoms with Crippen molar-refractivity contribution >= 4 is 23.5 Å². The Kier molecular flexibility index (Phi) is 4.65. The summed E-state index contributed by atoms with van der Waals surface area (Å²) in [7, 11) is 0. The molecule has 0 aliphatic carbocycles. The zero-order valence-electron chi connectivity index (χ0n) is 12.4. The minimum absolute atomic E-state index is 0.0307. The summed E-state index contributed by atoms with van der Waals surface area (Å²) in [6.07, 6.45) is -2.06. The fourth-order valence-corrected chi connectivity index (χ4v) is 2.52. The molecule has 0 bridgehead atoms. The zero-order chi connectivity index (χ0) is 17.9. The number of hydrogen-bond donors (Lipinski definition) is 1. The van der Waals surface area contributed by atoms with Gasteiger partial charge < -0.3 is 4.52 Å². The molecule has 1 amide bonds. The molecule has 3 aromatic heterocycles. The topological polar surface area (TPSA) is 85.3 Å². The molecule has 1 N–H and O–H groups in total. The van der Waals surface area contributed by atoms with Crippen molar-refractivity contribution in [2.45, 2.75) is 12.7 Å². The van der Waals surface area contributed by atoms with E-state index in [0.717, 1.165) is 15.8 Å². The normalized spacial score (nSPS) is 12.0. The number of nitrogens with one attached hydrogen (secondary N) is 1. The van der Waals surface area contributed by atoms with Crippen LogP contribution >= 0.6 is 11.3 Å². The van der Waals surface area contributed by atoms with Gasteiger partial charge in [-0.2, -0.15) is 23.4 Å². The summed E-state index contributed by atoms with van der Waals surface area (Å²) in [5.74, 6) is -0.160. The SMILES string of the molecule is O=C(N/N=C/c1ccn(CC(F)(F)F)n1)c1cc(-c2cccs2)on1. The fourth-order valence-electron chi connectivity index (χ4n) is 1.85. The molecule has 0 aliphatic rings. The molecule has 3 heterocycles. The van der Waals surface area contributed by atoms with Crippen LogP contribution in [0.2, 0.25) is 0 Å². The molecule has 0 saturated heterocycles. The number of amides is 1. The molecule has 3 aromatic rings. The van der Waals surface area contributed by atoms with Crippen molar-refractivity contribution in [3.8, 4) is 10.6 Å². The summed E-state index contributed by atoms with van der Waals surface area (Å²) >= 11 is 1.44. The van der Waals surface area contributed by atoms with Crippen LogP contribution in [0.15, 0.2) is 45.5 Å². The molecule has 11 heteroatoms. The predicted octanol–water partition coefficient (Wildman–Crippen LogP) is 2.93. The van der Waals surface area contributed by atoms with E-state index in [1.54, 1.807) is 0 Å². The largest absolute Gasteiger partial charge is 0.408 e. The number of carbonyl (C=O) groups is 1. The van der Waals surface area contributed by atoms with Crippen LogP contribution in [0.5, 0.6) is 0 Å². The van der Waals surface area contributed by atoms with Crippen molar-refractivity contribution in [3.05, 3.63) is 47.2 Å². The Morgan fingerprint density at radius 2 is 2.28 bits per heavy atom. The van der Waals surface area contributed by atoms with Crippen molar-refractivity contribution in [3.63, 3.8) is 0 Å². The molecule has 0 fully saturated rings. The number of hydrazone groups is 1. The lowest BCUT2D eigenvalue weighted by atomic mass is 10.3. The van der Waals surface area contributed by atoms with E-state index in [0.29, 0.717) is 5.76 Å². The second-order valence-electron chi connectivity index (χ2n) is 4.81. The van der Waals surface area contributed by atoms with E-state index in [2.05, 4.69) is 20.8 Å². The van der Waals surface area contributed by atoms with E-state index in [1.165, 1.54) is 29.7 Å². The molecule has 0 aliphatic heterocycles. The third-order valence-electron chi connectivity index (χ3n) is 2.87. The summed E-state index contributed by atoms with van der Waals surface area (Å²) in [6, 6.07) is 6.47. The highest BCUT2D eigenvalue weighted by atomic mass is 32.1. The molecule has 25 heavy (non-hydrogen) atoms. The van der Waals surface area contributed by atoms with Crippen LogP contribution in [0.25, 0.3) is 10.6 Å². The number of rotatable bonds is 5. The quantitative estimate of drug-likeness (QED) is 0.554. The number of nitrogens with zero attached hydrogens (tertiary/aromatic N) is 4. The second-order valence-corrected chi connectivity index (χ2v) is 5.75. The summed E-state index contributed by atoms with van der Waals surface area (Å²) in [4.78, 5) is 12.7. The summed E-state index contributed by atoms with van der Waals surface area (Å²) in [5, 5.41) is 12.8. The maximum absolute atomic E-state index is 12.2. The first-order valence-electron chi connectivity index (χ1n) is 6.85.